The standard InChI is InChI=1S/C13H16BrN3S2/c1-3-12-16-13(19-17-12)18-11-5-4-9(6-8(2)15)7-10(11)14/h4-5,7-8H,3,6,15H2,1-2H3. The van der Waals surface area contributed by atoms with Crippen LogP contribution in [-0.2, 0) is 12.8 Å². The van der Waals surface area contributed by atoms with Gasteiger partial charge in [0, 0.05) is 21.8 Å². The third kappa shape index (κ3) is 4.27. The van der Waals surface area contributed by atoms with E-state index in [0.29, 0.717) is 0 Å². The van der Waals surface area contributed by atoms with Crippen molar-refractivity contribution in [3.63, 3.8) is 0 Å². The number of halogens is 1. The number of hydrogen-bond acceptors (Lipinski definition) is 5. The number of aryl methyl sites for hydroxylation is 1. The number of hydrogen-bond donors (Lipinski definition) is 1. The molecule has 1 aromatic carbocycles. The molecule has 6 heteroatoms. The van der Waals surface area contributed by atoms with Gasteiger partial charge in [-0.1, -0.05) is 24.8 Å². The van der Waals surface area contributed by atoms with E-state index in [2.05, 4.69) is 50.4 Å². The maximum atomic E-state index is 5.82. The first kappa shape index (κ1) is 15.0. The molecule has 3 nitrogen and oxygen atoms in total. The summed E-state index contributed by atoms with van der Waals surface area (Å²) in [5.74, 6) is 0.914. The molecule has 1 aromatic heterocycles. The van der Waals surface area contributed by atoms with Gasteiger partial charge < -0.3 is 5.73 Å². The number of nitrogens with two attached hydrogens (primary N) is 1. The van der Waals surface area contributed by atoms with Gasteiger partial charge in [0.15, 0.2) is 4.34 Å². The Balaban J connectivity index is 2.12. The molecule has 0 aliphatic heterocycles. The largest absolute Gasteiger partial charge is 0.328 e. The molecule has 2 rings (SSSR count). The average molecular weight is 358 g/mol. The fourth-order valence-corrected chi connectivity index (χ4v) is 3.97. The van der Waals surface area contributed by atoms with E-state index in [1.165, 1.54) is 17.1 Å². The molecule has 0 saturated heterocycles. The second kappa shape index (κ2) is 6.83. The normalized spacial score (nSPS) is 12.6. The maximum absolute atomic E-state index is 5.82. The number of aromatic nitrogens is 2. The minimum atomic E-state index is 0.181. The molecule has 2 N–H and O–H groups in total. The van der Waals surface area contributed by atoms with Crippen LogP contribution in [0, 0.1) is 0 Å². The Bertz CT molecular complexity index is 555. The Hall–Kier alpha value is -0.430. The van der Waals surface area contributed by atoms with Crippen LogP contribution in [-0.4, -0.2) is 15.4 Å². The van der Waals surface area contributed by atoms with Gasteiger partial charge in [0.05, 0.1) is 0 Å². The van der Waals surface area contributed by atoms with Gasteiger partial charge >= 0.3 is 0 Å². The summed E-state index contributed by atoms with van der Waals surface area (Å²) in [6, 6.07) is 6.55. The molecule has 1 atom stereocenters. The van der Waals surface area contributed by atoms with Gasteiger partial charge in [-0.2, -0.15) is 4.37 Å². The Morgan fingerprint density at radius 3 is 2.84 bits per heavy atom. The first-order chi connectivity index (χ1) is 9.08. The molecular formula is C13H16BrN3S2. The van der Waals surface area contributed by atoms with Crippen molar-refractivity contribution in [3.05, 3.63) is 34.1 Å². The lowest BCUT2D eigenvalue weighted by atomic mass is 10.1. The van der Waals surface area contributed by atoms with Gasteiger partial charge in [-0.15, -0.1) is 0 Å². The zero-order valence-corrected chi connectivity index (χ0v) is 14.1. The van der Waals surface area contributed by atoms with E-state index in [0.717, 1.165) is 32.4 Å². The highest BCUT2D eigenvalue weighted by Crippen LogP contribution is 2.35. The van der Waals surface area contributed by atoms with Gasteiger partial charge in [0.2, 0.25) is 0 Å². The van der Waals surface area contributed by atoms with E-state index < -0.39 is 0 Å². The molecule has 0 bridgehead atoms. The molecule has 0 amide bonds. The second-order valence-corrected chi connectivity index (χ2v) is 7.27. The van der Waals surface area contributed by atoms with Gasteiger partial charge in [-0.25, -0.2) is 4.98 Å². The van der Waals surface area contributed by atoms with Crippen molar-refractivity contribution in [3.8, 4) is 0 Å². The van der Waals surface area contributed by atoms with Gasteiger partial charge in [-0.3, -0.25) is 0 Å². The molecule has 1 unspecified atom stereocenters. The molecule has 102 valence electrons. The summed E-state index contributed by atoms with van der Waals surface area (Å²) < 4.78 is 6.37. The predicted octanol–water partition coefficient (Wildman–Crippen LogP) is 3.90. The summed E-state index contributed by atoms with van der Waals surface area (Å²) in [5, 5.41) is 0. The molecule has 2 aromatic rings. The van der Waals surface area contributed by atoms with Crippen molar-refractivity contribution in [2.45, 2.75) is 42.0 Å². The van der Waals surface area contributed by atoms with Crippen LogP contribution in [0.25, 0.3) is 0 Å². The van der Waals surface area contributed by atoms with Crippen LogP contribution >= 0.6 is 39.2 Å². The van der Waals surface area contributed by atoms with Crippen molar-refractivity contribution < 1.29 is 0 Å². The fourth-order valence-electron chi connectivity index (χ4n) is 1.64. The Kier molecular flexibility index (Phi) is 5.38. The van der Waals surface area contributed by atoms with Crippen LogP contribution in [0.5, 0.6) is 0 Å². The summed E-state index contributed by atoms with van der Waals surface area (Å²) in [7, 11) is 0. The topological polar surface area (TPSA) is 51.8 Å². The number of rotatable bonds is 5. The van der Waals surface area contributed by atoms with Crippen LogP contribution < -0.4 is 5.73 Å². The summed E-state index contributed by atoms with van der Waals surface area (Å²) >= 11 is 6.71. The number of nitrogens with zero attached hydrogens (tertiary/aromatic N) is 2. The van der Waals surface area contributed by atoms with Gasteiger partial charge in [0.1, 0.15) is 5.82 Å². The van der Waals surface area contributed by atoms with Crippen LogP contribution in [0.4, 0.5) is 0 Å². The highest BCUT2D eigenvalue weighted by atomic mass is 79.9. The van der Waals surface area contributed by atoms with Crippen LogP contribution in [0.15, 0.2) is 31.9 Å². The zero-order valence-electron chi connectivity index (χ0n) is 10.9. The van der Waals surface area contributed by atoms with E-state index in [1.54, 1.807) is 11.8 Å². The number of benzene rings is 1. The molecule has 0 aliphatic rings. The lowest BCUT2D eigenvalue weighted by Crippen LogP contribution is -2.17. The van der Waals surface area contributed by atoms with Gasteiger partial charge in [0.25, 0.3) is 0 Å². The highest BCUT2D eigenvalue weighted by molar-refractivity contribution is 9.10. The van der Waals surface area contributed by atoms with E-state index >= 15 is 0 Å². The van der Waals surface area contributed by atoms with Crippen molar-refractivity contribution in [2.24, 2.45) is 5.73 Å². The lowest BCUT2D eigenvalue weighted by Gasteiger charge is -2.08. The first-order valence-corrected chi connectivity index (χ1v) is 8.51. The molecular weight excluding hydrogens is 342 g/mol. The summed E-state index contributed by atoms with van der Waals surface area (Å²) in [6.07, 6.45) is 1.77. The fraction of sp³-hybridized carbons (Fsp3) is 0.385. The SMILES string of the molecule is CCc1nsc(Sc2ccc(CC(C)N)cc2Br)n1. The van der Waals surface area contributed by atoms with Crippen molar-refractivity contribution in [1.82, 2.24) is 9.36 Å². The smallest absolute Gasteiger partial charge is 0.174 e. The minimum absolute atomic E-state index is 0.181. The quantitative estimate of drug-likeness (QED) is 0.881. The molecule has 19 heavy (non-hydrogen) atoms. The Morgan fingerprint density at radius 2 is 2.26 bits per heavy atom. The first-order valence-electron chi connectivity index (χ1n) is 6.13. The third-order valence-corrected chi connectivity index (χ3v) is 5.30. The van der Waals surface area contributed by atoms with Crippen LogP contribution in [0.1, 0.15) is 25.2 Å². The molecule has 0 aliphatic carbocycles. The van der Waals surface area contributed by atoms with Gasteiger partial charge in [-0.05, 0) is 58.5 Å². The summed E-state index contributed by atoms with van der Waals surface area (Å²) in [5.41, 5.74) is 7.06. The maximum Gasteiger partial charge on any atom is 0.174 e. The van der Waals surface area contributed by atoms with Crippen molar-refractivity contribution in [1.29, 1.82) is 0 Å². The molecule has 0 saturated carbocycles. The summed E-state index contributed by atoms with van der Waals surface area (Å²) in [6.45, 7) is 4.08. The Morgan fingerprint density at radius 1 is 1.47 bits per heavy atom. The van der Waals surface area contributed by atoms with E-state index in [-0.39, 0.29) is 6.04 Å². The van der Waals surface area contributed by atoms with Crippen LogP contribution in [0.2, 0.25) is 0 Å². The minimum Gasteiger partial charge on any atom is -0.328 e. The molecule has 0 fully saturated rings. The van der Waals surface area contributed by atoms with Crippen molar-refractivity contribution in [2.75, 3.05) is 0 Å². The Labute approximate surface area is 130 Å². The summed E-state index contributed by atoms with van der Waals surface area (Å²) in [4.78, 5) is 5.62. The lowest BCUT2D eigenvalue weighted by molar-refractivity contribution is 0.737. The van der Waals surface area contributed by atoms with E-state index in [1.807, 2.05) is 6.92 Å². The van der Waals surface area contributed by atoms with E-state index in [4.69, 9.17) is 5.73 Å². The van der Waals surface area contributed by atoms with E-state index in [9.17, 15) is 0 Å². The highest BCUT2D eigenvalue weighted by Gasteiger charge is 2.08. The zero-order chi connectivity index (χ0) is 13.8. The van der Waals surface area contributed by atoms with Crippen LogP contribution in [0.3, 0.4) is 0 Å². The second-order valence-electron chi connectivity index (χ2n) is 4.38. The molecule has 1 heterocycles. The predicted molar refractivity (Wildman–Crippen MR) is 84.9 cm³/mol. The molecule has 0 radical (unpaired) electrons. The average Bonchev–Trinajstić information content (AvgIpc) is 2.80. The molecule has 0 spiro atoms. The third-order valence-electron chi connectivity index (χ3n) is 2.52. The van der Waals surface area contributed by atoms with Crippen molar-refractivity contribution >= 4 is 39.2 Å². The monoisotopic (exact) mass is 357 g/mol.